The van der Waals surface area contributed by atoms with Crippen LogP contribution in [0.5, 0.6) is 0 Å². The summed E-state index contributed by atoms with van der Waals surface area (Å²) in [6.45, 7) is 8.15. The average molecular weight is 265 g/mol. The zero-order valence-electron chi connectivity index (χ0n) is 11.7. The first kappa shape index (κ1) is 14.9. The lowest BCUT2D eigenvalue weighted by atomic mass is 10.2. The van der Waals surface area contributed by atoms with E-state index in [-0.39, 0.29) is 5.91 Å². The van der Waals surface area contributed by atoms with Gasteiger partial charge < -0.3 is 10.1 Å². The molecule has 1 aromatic heterocycles. The second-order valence-electron chi connectivity index (χ2n) is 3.99. The van der Waals surface area contributed by atoms with Crippen molar-refractivity contribution >= 4 is 11.9 Å². The van der Waals surface area contributed by atoms with E-state index in [0.29, 0.717) is 24.4 Å². The minimum atomic E-state index is -0.471. The van der Waals surface area contributed by atoms with E-state index in [1.807, 2.05) is 13.8 Å². The number of esters is 1. The molecule has 1 heterocycles. The number of rotatable bonds is 5. The molecular weight excluding hydrogens is 246 g/mol. The SMILES string of the molecule is CCOC(=O)/C=C(\C)NC(=O)c1cnn(CC)c1C. The van der Waals surface area contributed by atoms with Gasteiger partial charge >= 0.3 is 5.97 Å². The molecule has 1 rings (SSSR count). The average Bonchev–Trinajstić information content (AvgIpc) is 2.70. The molecule has 0 saturated heterocycles. The molecular formula is C13H19N3O3. The number of nitrogens with one attached hydrogen (secondary N) is 1. The minimum Gasteiger partial charge on any atom is -0.463 e. The molecule has 0 fully saturated rings. The molecule has 0 radical (unpaired) electrons. The van der Waals surface area contributed by atoms with Crippen LogP contribution < -0.4 is 5.32 Å². The fraction of sp³-hybridized carbons (Fsp3) is 0.462. The topological polar surface area (TPSA) is 73.2 Å². The molecule has 0 aliphatic carbocycles. The van der Waals surface area contributed by atoms with Crippen LogP contribution in [0, 0.1) is 6.92 Å². The maximum absolute atomic E-state index is 12.0. The predicted octanol–water partition coefficient (Wildman–Crippen LogP) is 1.41. The number of nitrogens with zero attached hydrogens (tertiary/aromatic N) is 2. The summed E-state index contributed by atoms with van der Waals surface area (Å²) in [5, 5.41) is 6.73. The highest BCUT2D eigenvalue weighted by Gasteiger charge is 2.13. The van der Waals surface area contributed by atoms with Gasteiger partial charge in [-0.25, -0.2) is 4.79 Å². The third-order valence-corrected chi connectivity index (χ3v) is 2.58. The Balaban J connectivity index is 2.74. The van der Waals surface area contributed by atoms with Gasteiger partial charge in [0.1, 0.15) is 0 Å². The van der Waals surface area contributed by atoms with Crippen molar-refractivity contribution in [1.82, 2.24) is 15.1 Å². The van der Waals surface area contributed by atoms with E-state index in [0.717, 1.165) is 5.69 Å². The lowest BCUT2D eigenvalue weighted by molar-refractivity contribution is -0.137. The van der Waals surface area contributed by atoms with Gasteiger partial charge in [-0.3, -0.25) is 9.48 Å². The summed E-state index contributed by atoms with van der Waals surface area (Å²) in [6, 6.07) is 0. The number of amides is 1. The van der Waals surface area contributed by atoms with E-state index in [2.05, 4.69) is 10.4 Å². The minimum absolute atomic E-state index is 0.282. The number of hydrogen-bond donors (Lipinski definition) is 1. The molecule has 1 amide bonds. The number of aryl methyl sites for hydroxylation is 1. The van der Waals surface area contributed by atoms with Crippen LogP contribution in [0.25, 0.3) is 0 Å². The molecule has 1 aromatic rings. The molecule has 104 valence electrons. The van der Waals surface area contributed by atoms with Crippen molar-refractivity contribution in [3.05, 3.63) is 29.2 Å². The van der Waals surface area contributed by atoms with E-state index in [1.165, 1.54) is 12.3 Å². The summed E-state index contributed by atoms with van der Waals surface area (Å²) in [6.07, 6.45) is 2.77. The van der Waals surface area contributed by atoms with Gasteiger partial charge in [-0.2, -0.15) is 5.10 Å². The number of aromatic nitrogens is 2. The molecule has 0 atom stereocenters. The second-order valence-corrected chi connectivity index (χ2v) is 3.99. The van der Waals surface area contributed by atoms with Crippen molar-refractivity contribution in [2.24, 2.45) is 0 Å². The summed E-state index contributed by atoms with van der Waals surface area (Å²) in [7, 11) is 0. The molecule has 0 saturated carbocycles. The van der Waals surface area contributed by atoms with Gasteiger partial charge in [-0.1, -0.05) is 0 Å². The Hall–Kier alpha value is -2.11. The van der Waals surface area contributed by atoms with Crippen LogP contribution in [0.2, 0.25) is 0 Å². The normalized spacial score (nSPS) is 11.3. The molecule has 19 heavy (non-hydrogen) atoms. The highest BCUT2D eigenvalue weighted by molar-refractivity contribution is 5.96. The van der Waals surface area contributed by atoms with E-state index in [4.69, 9.17) is 4.74 Å². The Bertz CT molecular complexity index is 503. The quantitative estimate of drug-likeness (QED) is 0.645. The maximum atomic E-state index is 12.0. The molecule has 1 N–H and O–H groups in total. The van der Waals surface area contributed by atoms with Crippen LogP contribution in [0.4, 0.5) is 0 Å². The predicted molar refractivity (Wildman–Crippen MR) is 70.5 cm³/mol. The van der Waals surface area contributed by atoms with Crippen LogP contribution in [0.3, 0.4) is 0 Å². The standard InChI is InChI=1S/C13H19N3O3/c1-5-16-10(4)11(8-14-16)13(18)15-9(3)7-12(17)19-6-2/h7-8H,5-6H2,1-4H3,(H,15,18)/b9-7+. The Kier molecular flexibility index (Phi) is 5.29. The lowest BCUT2D eigenvalue weighted by Crippen LogP contribution is -2.23. The van der Waals surface area contributed by atoms with Crippen LogP contribution in [0.15, 0.2) is 18.0 Å². The first-order chi connectivity index (χ1) is 8.99. The summed E-state index contributed by atoms with van der Waals surface area (Å²) >= 11 is 0. The van der Waals surface area contributed by atoms with Gasteiger partial charge in [0.05, 0.1) is 18.4 Å². The molecule has 0 aromatic carbocycles. The van der Waals surface area contributed by atoms with Gasteiger partial charge in [-0.05, 0) is 27.7 Å². The maximum Gasteiger partial charge on any atom is 0.332 e. The number of carbonyl (C=O) groups excluding carboxylic acids is 2. The van der Waals surface area contributed by atoms with Crippen molar-refractivity contribution in [3.63, 3.8) is 0 Å². The zero-order chi connectivity index (χ0) is 14.4. The van der Waals surface area contributed by atoms with Gasteiger partial charge in [0, 0.05) is 24.0 Å². The molecule has 6 heteroatoms. The van der Waals surface area contributed by atoms with Crippen LogP contribution in [-0.2, 0) is 16.1 Å². The smallest absolute Gasteiger partial charge is 0.332 e. The summed E-state index contributed by atoms with van der Waals surface area (Å²) < 4.78 is 6.50. The van der Waals surface area contributed by atoms with E-state index >= 15 is 0 Å². The molecule has 0 unspecified atom stereocenters. The van der Waals surface area contributed by atoms with E-state index in [9.17, 15) is 9.59 Å². The van der Waals surface area contributed by atoms with Gasteiger partial charge in [0.25, 0.3) is 5.91 Å². The number of allylic oxidation sites excluding steroid dienone is 1. The number of hydrogen-bond acceptors (Lipinski definition) is 4. The fourth-order valence-electron chi connectivity index (χ4n) is 1.63. The number of carbonyl (C=O) groups is 2. The molecule has 6 nitrogen and oxygen atoms in total. The molecule has 0 aliphatic heterocycles. The lowest BCUT2D eigenvalue weighted by Gasteiger charge is -2.05. The van der Waals surface area contributed by atoms with Gasteiger partial charge in [0.15, 0.2) is 0 Å². The van der Waals surface area contributed by atoms with Gasteiger partial charge in [0.2, 0.25) is 0 Å². The monoisotopic (exact) mass is 265 g/mol. The van der Waals surface area contributed by atoms with Crippen molar-refractivity contribution in [1.29, 1.82) is 0 Å². The van der Waals surface area contributed by atoms with Crippen molar-refractivity contribution in [2.45, 2.75) is 34.2 Å². The van der Waals surface area contributed by atoms with Crippen molar-refractivity contribution in [2.75, 3.05) is 6.61 Å². The van der Waals surface area contributed by atoms with Crippen LogP contribution in [0.1, 0.15) is 36.8 Å². The Morgan fingerprint density at radius 3 is 2.68 bits per heavy atom. The van der Waals surface area contributed by atoms with E-state index < -0.39 is 5.97 Å². The number of ether oxygens (including phenoxy) is 1. The molecule has 0 aliphatic rings. The zero-order valence-corrected chi connectivity index (χ0v) is 11.7. The summed E-state index contributed by atoms with van der Waals surface area (Å²) in [5.74, 6) is -0.753. The second kappa shape index (κ2) is 6.72. The fourth-order valence-corrected chi connectivity index (χ4v) is 1.63. The first-order valence-electron chi connectivity index (χ1n) is 6.18. The Morgan fingerprint density at radius 1 is 1.47 bits per heavy atom. The van der Waals surface area contributed by atoms with Crippen LogP contribution >= 0.6 is 0 Å². The summed E-state index contributed by atoms with van der Waals surface area (Å²) in [4.78, 5) is 23.2. The summed E-state index contributed by atoms with van der Waals surface area (Å²) in [5.41, 5.74) is 1.73. The van der Waals surface area contributed by atoms with E-state index in [1.54, 1.807) is 18.5 Å². The van der Waals surface area contributed by atoms with Gasteiger partial charge in [-0.15, -0.1) is 0 Å². The molecule has 0 spiro atoms. The van der Waals surface area contributed by atoms with Crippen LogP contribution in [-0.4, -0.2) is 28.3 Å². The van der Waals surface area contributed by atoms with Crippen molar-refractivity contribution < 1.29 is 14.3 Å². The highest BCUT2D eigenvalue weighted by atomic mass is 16.5. The third kappa shape index (κ3) is 3.94. The molecule has 0 bridgehead atoms. The Labute approximate surface area is 112 Å². The first-order valence-corrected chi connectivity index (χ1v) is 6.18. The highest BCUT2D eigenvalue weighted by Crippen LogP contribution is 2.07. The van der Waals surface area contributed by atoms with Crippen molar-refractivity contribution in [3.8, 4) is 0 Å². The largest absolute Gasteiger partial charge is 0.463 e. The Morgan fingerprint density at radius 2 is 2.16 bits per heavy atom. The third-order valence-electron chi connectivity index (χ3n) is 2.58.